The fourth-order valence-corrected chi connectivity index (χ4v) is 3.82. The fraction of sp³-hybridized carbons (Fsp3) is 0.375. The molecule has 1 aliphatic heterocycles. The first-order chi connectivity index (χ1) is 14.5. The van der Waals surface area contributed by atoms with Crippen LogP contribution in [0.4, 0.5) is 4.39 Å². The second-order valence-electron chi connectivity index (χ2n) is 7.53. The van der Waals surface area contributed by atoms with Crippen LogP contribution in [-0.4, -0.2) is 42.8 Å². The van der Waals surface area contributed by atoms with Crippen molar-refractivity contribution in [2.45, 2.75) is 32.1 Å². The molecule has 1 fully saturated rings. The predicted molar refractivity (Wildman–Crippen MR) is 111 cm³/mol. The van der Waals surface area contributed by atoms with Crippen molar-refractivity contribution in [3.8, 4) is 11.1 Å². The number of esters is 1. The van der Waals surface area contributed by atoms with E-state index in [2.05, 4.69) is 4.74 Å². The molecule has 0 saturated carbocycles. The Morgan fingerprint density at radius 3 is 2.57 bits per heavy atom. The number of amides is 1. The van der Waals surface area contributed by atoms with Crippen molar-refractivity contribution in [3.63, 3.8) is 0 Å². The van der Waals surface area contributed by atoms with E-state index in [1.165, 1.54) is 13.2 Å². The molecule has 0 aromatic heterocycles. The van der Waals surface area contributed by atoms with Crippen molar-refractivity contribution >= 4 is 17.7 Å². The smallest absolute Gasteiger partial charge is 0.305 e. The molecule has 0 radical (unpaired) electrons. The van der Waals surface area contributed by atoms with Crippen LogP contribution in [0.25, 0.3) is 11.1 Å². The Labute approximate surface area is 175 Å². The molecule has 5 nitrogen and oxygen atoms in total. The molecule has 2 aromatic carbocycles. The molecule has 0 bridgehead atoms. The summed E-state index contributed by atoms with van der Waals surface area (Å²) in [4.78, 5) is 38.2. The zero-order valence-corrected chi connectivity index (χ0v) is 17.1. The van der Waals surface area contributed by atoms with E-state index in [4.69, 9.17) is 0 Å². The molecule has 158 valence electrons. The van der Waals surface area contributed by atoms with Crippen LogP contribution in [0.15, 0.2) is 48.5 Å². The van der Waals surface area contributed by atoms with Crippen LogP contribution in [0.3, 0.4) is 0 Å². The van der Waals surface area contributed by atoms with Gasteiger partial charge in [0.25, 0.3) is 0 Å². The molecule has 30 heavy (non-hydrogen) atoms. The third-order valence-corrected chi connectivity index (χ3v) is 5.48. The van der Waals surface area contributed by atoms with E-state index in [1.807, 2.05) is 30.3 Å². The van der Waals surface area contributed by atoms with Gasteiger partial charge in [0.1, 0.15) is 5.82 Å². The first-order valence-corrected chi connectivity index (χ1v) is 10.2. The minimum Gasteiger partial charge on any atom is -0.469 e. The number of rotatable bonds is 7. The monoisotopic (exact) mass is 411 g/mol. The normalized spacial score (nSPS) is 16.2. The lowest BCUT2D eigenvalue weighted by Gasteiger charge is -2.32. The zero-order valence-electron chi connectivity index (χ0n) is 17.1. The third-order valence-electron chi connectivity index (χ3n) is 5.48. The Morgan fingerprint density at radius 2 is 1.87 bits per heavy atom. The number of carbonyl (C=O) groups excluding carboxylic acids is 3. The highest BCUT2D eigenvalue weighted by molar-refractivity contribution is 5.98. The van der Waals surface area contributed by atoms with Gasteiger partial charge in [-0.25, -0.2) is 4.39 Å². The lowest BCUT2D eigenvalue weighted by atomic mass is 9.89. The number of hydrogen-bond donors (Lipinski definition) is 0. The number of benzene rings is 2. The Bertz CT molecular complexity index is 913. The van der Waals surface area contributed by atoms with Crippen LogP contribution in [0, 0.1) is 11.7 Å². The summed E-state index contributed by atoms with van der Waals surface area (Å²) in [6.45, 7) is 0.931. The molecule has 1 saturated heterocycles. The number of Topliss-reactive ketones (excluding diaryl/α,β-unsaturated/α-hetero) is 1. The van der Waals surface area contributed by atoms with Gasteiger partial charge in [-0.2, -0.15) is 0 Å². The van der Waals surface area contributed by atoms with Crippen molar-refractivity contribution in [2.75, 3.05) is 20.2 Å². The van der Waals surface area contributed by atoms with Gasteiger partial charge < -0.3 is 9.64 Å². The van der Waals surface area contributed by atoms with Crippen molar-refractivity contribution in [3.05, 3.63) is 59.9 Å². The van der Waals surface area contributed by atoms with E-state index in [1.54, 1.807) is 17.0 Å². The first-order valence-electron chi connectivity index (χ1n) is 10.2. The maximum atomic E-state index is 14.6. The summed E-state index contributed by atoms with van der Waals surface area (Å²) in [5.74, 6) is -1.32. The number of hydrogen-bond acceptors (Lipinski definition) is 4. The van der Waals surface area contributed by atoms with Gasteiger partial charge in [0.05, 0.1) is 7.11 Å². The SMILES string of the molecule is COC(=O)CCCC(=O)N1CCC[C@@H](C(=O)c2ccc(-c3ccccc3)c(F)c2)C1. The van der Waals surface area contributed by atoms with Gasteiger partial charge >= 0.3 is 5.97 Å². The lowest BCUT2D eigenvalue weighted by Crippen LogP contribution is -2.42. The number of nitrogens with zero attached hydrogens (tertiary/aromatic N) is 1. The van der Waals surface area contributed by atoms with Gasteiger partial charge in [0.2, 0.25) is 5.91 Å². The summed E-state index contributed by atoms with van der Waals surface area (Å²) >= 11 is 0. The molecule has 1 atom stereocenters. The van der Waals surface area contributed by atoms with Crippen molar-refractivity contribution in [2.24, 2.45) is 5.92 Å². The molecule has 0 aliphatic carbocycles. The fourth-order valence-electron chi connectivity index (χ4n) is 3.82. The summed E-state index contributed by atoms with van der Waals surface area (Å²) in [7, 11) is 1.32. The summed E-state index contributed by atoms with van der Waals surface area (Å²) in [5, 5.41) is 0. The number of ether oxygens (including phenoxy) is 1. The highest BCUT2D eigenvalue weighted by Crippen LogP contribution is 2.26. The summed E-state index contributed by atoms with van der Waals surface area (Å²) in [5.41, 5.74) is 1.55. The molecule has 1 heterocycles. The van der Waals surface area contributed by atoms with Crippen LogP contribution in [-0.2, 0) is 14.3 Å². The van der Waals surface area contributed by atoms with Crippen LogP contribution >= 0.6 is 0 Å². The highest BCUT2D eigenvalue weighted by Gasteiger charge is 2.29. The topological polar surface area (TPSA) is 63.7 Å². The van der Waals surface area contributed by atoms with E-state index in [-0.39, 0.29) is 36.4 Å². The van der Waals surface area contributed by atoms with Gasteiger partial charge in [-0.15, -0.1) is 0 Å². The number of piperidine rings is 1. The van der Waals surface area contributed by atoms with Crippen molar-refractivity contribution < 1.29 is 23.5 Å². The van der Waals surface area contributed by atoms with E-state index >= 15 is 0 Å². The quantitative estimate of drug-likeness (QED) is 0.505. The maximum Gasteiger partial charge on any atom is 0.305 e. The zero-order chi connectivity index (χ0) is 21.5. The second-order valence-corrected chi connectivity index (χ2v) is 7.53. The molecule has 2 aromatic rings. The van der Waals surface area contributed by atoms with Gasteiger partial charge in [0.15, 0.2) is 5.78 Å². The van der Waals surface area contributed by atoms with Gasteiger partial charge in [-0.1, -0.05) is 42.5 Å². The predicted octanol–water partition coefficient (Wildman–Crippen LogP) is 4.26. The molecule has 0 N–H and O–H groups in total. The van der Waals surface area contributed by atoms with Crippen LogP contribution in [0.1, 0.15) is 42.5 Å². The number of likely N-dealkylation sites (tertiary alicyclic amines) is 1. The minimum atomic E-state index is -0.432. The summed E-state index contributed by atoms with van der Waals surface area (Å²) in [6.07, 6.45) is 2.27. The van der Waals surface area contributed by atoms with E-state index in [9.17, 15) is 18.8 Å². The molecule has 0 spiro atoms. The lowest BCUT2D eigenvalue weighted by molar-refractivity contribution is -0.141. The van der Waals surface area contributed by atoms with Crippen LogP contribution in [0.5, 0.6) is 0 Å². The standard InChI is InChI=1S/C24H26FNO4/c1-30-23(28)11-5-10-22(27)26-14-6-9-19(16-26)24(29)18-12-13-20(21(25)15-18)17-7-3-2-4-8-17/h2-4,7-8,12-13,15,19H,5-6,9-11,14,16H2,1H3/t19-/m1/s1. The van der Waals surface area contributed by atoms with E-state index < -0.39 is 5.82 Å². The average Bonchev–Trinajstić information content (AvgIpc) is 2.79. The molecule has 1 aliphatic rings. The highest BCUT2D eigenvalue weighted by atomic mass is 19.1. The summed E-state index contributed by atoms with van der Waals surface area (Å²) in [6, 6.07) is 13.8. The Hall–Kier alpha value is -3.02. The Kier molecular flexibility index (Phi) is 7.33. The van der Waals surface area contributed by atoms with Gasteiger partial charge in [-0.3, -0.25) is 14.4 Å². The molecule has 6 heteroatoms. The van der Waals surface area contributed by atoms with Crippen LogP contribution in [0.2, 0.25) is 0 Å². The third kappa shape index (κ3) is 5.32. The molecule has 3 rings (SSSR count). The van der Waals surface area contributed by atoms with E-state index in [0.717, 1.165) is 12.0 Å². The first kappa shape index (κ1) is 21.7. The van der Waals surface area contributed by atoms with Gasteiger partial charge in [0, 0.05) is 43.0 Å². The van der Waals surface area contributed by atoms with E-state index in [0.29, 0.717) is 37.1 Å². The average molecular weight is 411 g/mol. The molecular formula is C24H26FNO4. The van der Waals surface area contributed by atoms with Gasteiger partial charge in [-0.05, 0) is 30.9 Å². The molecular weight excluding hydrogens is 385 g/mol. The Balaban J connectivity index is 1.63. The van der Waals surface area contributed by atoms with Crippen molar-refractivity contribution in [1.82, 2.24) is 4.90 Å². The number of carbonyl (C=O) groups is 3. The maximum absolute atomic E-state index is 14.6. The largest absolute Gasteiger partial charge is 0.469 e. The number of ketones is 1. The molecule has 0 unspecified atom stereocenters. The molecule has 1 amide bonds. The second kappa shape index (κ2) is 10.1. The summed E-state index contributed by atoms with van der Waals surface area (Å²) < 4.78 is 19.2. The minimum absolute atomic E-state index is 0.0676. The van der Waals surface area contributed by atoms with Crippen LogP contribution < -0.4 is 0 Å². The number of methoxy groups -OCH3 is 1. The van der Waals surface area contributed by atoms with Crippen molar-refractivity contribution in [1.29, 1.82) is 0 Å². The number of halogens is 1. The Morgan fingerprint density at radius 1 is 1.10 bits per heavy atom.